The second-order valence-corrected chi connectivity index (χ2v) is 10.6. The van der Waals surface area contributed by atoms with Crippen molar-refractivity contribution in [3.05, 3.63) is 59.7 Å². The average molecular weight is 423 g/mol. The molecule has 0 bridgehead atoms. The average Bonchev–Trinajstić information content (AvgIpc) is 2.68. The van der Waals surface area contributed by atoms with Gasteiger partial charge in [0.05, 0.1) is 9.79 Å². The van der Waals surface area contributed by atoms with Gasteiger partial charge in [-0.15, -0.1) is 0 Å². The van der Waals surface area contributed by atoms with Crippen LogP contribution >= 0.6 is 0 Å². The van der Waals surface area contributed by atoms with E-state index in [-0.39, 0.29) is 9.79 Å². The maximum absolute atomic E-state index is 12.7. The third-order valence-corrected chi connectivity index (χ3v) is 7.75. The van der Waals surface area contributed by atoms with E-state index in [0.29, 0.717) is 11.5 Å². The summed E-state index contributed by atoms with van der Waals surface area (Å²) in [7, 11) is -7.58. The molecule has 28 heavy (non-hydrogen) atoms. The van der Waals surface area contributed by atoms with Gasteiger partial charge in [0.15, 0.2) is 0 Å². The van der Waals surface area contributed by atoms with Crippen LogP contribution in [0, 0.1) is 0 Å². The fourth-order valence-corrected chi connectivity index (χ4v) is 5.49. The molecular weight excluding hydrogens is 396 g/mol. The number of nitrogens with two attached hydrogens (primary N) is 1. The summed E-state index contributed by atoms with van der Waals surface area (Å²) < 4.78 is 51.1. The molecular formula is C20H26N2O4S2. The van der Waals surface area contributed by atoms with Crippen LogP contribution in [0.4, 0.5) is 0 Å². The van der Waals surface area contributed by atoms with E-state index in [1.807, 2.05) is 12.1 Å². The van der Waals surface area contributed by atoms with E-state index in [9.17, 15) is 16.8 Å². The van der Waals surface area contributed by atoms with Crippen molar-refractivity contribution >= 4 is 20.0 Å². The summed E-state index contributed by atoms with van der Waals surface area (Å²) in [5.74, 6) is 0.512. The molecule has 0 amide bonds. The maximum Gasteiger partial charge on any atom is 0.241 e. The molecule has 1 saturated carbocycles. The molecule has 0 aromatic heterocycles. The molecule has 1 fully saturated rings. The molecule has 0 aliphatic heterocycles. The molecule has 0 heterocycles. The van der Waals surface area contributed by atoms with Gasteiger partial charge in [0, 0.05) is 6.04 Å². The van der Waals surface area contributed by atoms with Crippen molar-refractivity contribution < 1.29 is 16.8 Å². The van der Waals surface area contributed by atoms with Crippen LogP contribution in [-0.2, 0) is 20.0 Å². The van der Waals surface area contributed by atoms with E-state index in [1.54, 1.807) is 31.2 Å². The van der Waals surface area contributed by atoms with Gasteiger partial charge in [-0.1, -0.05) is 43.5 Å². The van der Waals surface area contributed by atoms with E-state index in [4.69, 9.17) is 5.14 Å². The van der Waals surface area contributed by atoms with E-state index >= 15 is 0 Å². The maximum atomic E-state index is 12.7. The van der Waals surface area contributed by atoms with Gasteiger partial charge in [-0.05, 0) is 61.1 Å². The highest BCUT2D eigenvalue weighted by Crippen LogP contribution is 2.33. The Morgan fingerprint density at radius 2 is 1.57 bits per heavy atom. The zero-order valence-corrected chi connectivity index (χ0v) is 17.5. The minimum atomic E-state index is -3.85. The number of primary sulfonamides is 1. The zero-order valence-electron chi connectivity index (χ0n) is 15.8. The molecule has 3 rings (SSSR count). The SMILES string of the molecule is C[C@H](NS(=O)(=O)c1ccc(C2CCCCC2)cc1)c1cccc(S(N)(=O)=O)c1. The first-order valence-electron chi connectivity index (χ1n) is 9.42. The zero-order chi connectivity index (χ0) is 20.4. The summed E-state index contributed by atoms with van der Waals surface area (Å²) in [5, 5.41) is 5.15. The van der Waals surface area contributed by atoms with Crippen LogP contribution < -0.4 is 9.86 Å². The molecule has 1 aliphatic rings. The van der Waals surface area contributed by atoms with Crippen molar-refractivity contribution in [3.63, 3.8) is 0 Å². The van der Waals surface area contributed by atoms with Gasteiger partial charge in [0.25, 0.3) is 0 Å². The van der Waals surface area contributed by atoms with Crippen LogP contribution in [0.25, 0.3) is 0 Å². The van der Waals surface area contributed by atoms with Crippen LogP contribution in [0.15, 0.2) is 58.3 Å². The first kappa shape index (κ1) is 21.0. The Hall–Kier alpha value is -1.74. The molecule has 2 aromatic rings. The van der Waals surface area contributed by atoms with Gasteiger partial charge in [0.2, 0.25) is 20.0 Å². The third kappa shape index (κ3) is 5.00. The lowest BCUT2D eigenvalue weighted by molar-refractivity contribution is 0.443. The lowest BCUT2D eigenvalue weighted by Crippen LogP contribution is -2.27. The molecule has 3 N–H and O–H groups in total. The Morgan fingerprint density at radius 1 is 0.929 bits per heavy atom. The molecule has 8 heteroatoms. The van der Waals surface area contributed by atoms with Crippen LogP contribution in [0.3, 0.4) is 0 Å². The summed E-state index contributed by atoms with van der Waals surface area (Å²) in [5.41, 5.74) is 1.71. The van der Waals surface area contributed by atoms with Crippen LogP contribution in [0.5, 0.6) is 0 Å². The number of nitrogens with one attached hydrogen (secondary N) is 1. The van der Waals surface area contributed by atoms with Crippen molar-refractivity contribution in [1.29, 1.82) is 0 Å². The standard InChI is InChI=1S/C20H26N2O4S2/c1-15(18-8-5-9-20(14-18)27(21,23)24)22-28(25,26)19-12-10-17(11-13-19)16-6-3-2-4-7-16/h5,8-16,22H,2-4,6-7H2,1H3,(H2,21,23,24)/t15-/m0/s1. The summed E-state index contributed by atoms with van der Waals surface area (Å²) in [6.07, 6.45) is 6.03. The highest BCUT2D eigenvalue weighted by molar-refractivity contribution is 7.89. The second-order valence-electron chi connectivity index (χ2n) is 7.36. The van der Waals surface area contributed by atoms with E-state index in [0.717, 1.165) is 12.8 Å². The van der Waals surface area contributed by atoms with Gasteiger partial charge in [-0.25, -0.2) is 26.7 Å². The smallest absolute Gasteiger partial charge is 0.225 e. The third-order valence-electron chi connectivity index (χ3n) is 5.29. The van der Waals surface area contributed by atoms with Crippen LogP contribution in [0.2, 0.25) is 0 Å². The fourth-order valence-electron chi connectivity index (χ4n) is 3.68. The minimum absolute atomic E-state index is 0.0483. The summed E-state index contributed by atoms with van der Waals surface area (Å²) in [6.45, 7) is 1.66. The summed E-state index contributed by atoms with van der Waals surface area (Å²) >= 11 is 0. The topological polar surface area (TPSA) is 106 Å². The number of hydrogen-bond acceptors (Lipinski definition) is 4. The van der Waals surface area contributed by atoms with Crippen molar-refractivity contribution in [3.8, 4) is 0 Å². The normalized spacial score (nSPS) is 17.4. The predicted octanol–water partition coefficient (Wildman–Crippen LogP) is 3.42. The number of benzene rings is 2. The van der Waals surface area contributed by atoms with Crippen LogP contribution in [0.1, 0.15) is 62.1 Å². The number of rotatable bonds is 6. The highest BCUT2D eigenvalue weighted by atomic mass is 32.2. The van der Waals surface area contributed by atoms with Gasteiger partial charge in [0.1, 0.15) is 0 Å². The van der Waals surface area contributed by atoms with E-state index < -0.39 is 26.1 Å². The summed E-state index contributed by atoms with van der Waals surface area (Å²) in [4.78, 5) is 0.148. The largest absolute Gasteiger partial charge is 0.241 e. The van der Waals surface area contributed by atoms with Gasteiger partial charge in [-0.3, -0.25) is 0 Å². The quantitative estimate of drug-likeness (QED) is 0.744. The van der Waals surface area contributed by atoms with Crippen molar-refractivity contribution in [2.45, 2.75) is 60.8 Å². The van der Waals surface area contributed by atoms with Gasteiger partial charge >= 0.3 is 0 Å². The molecule has 1 atom stereocenters. The van der Waals surface area contributed by atoms with E-state index in [2.05, 4.69) is 4.72 Å². The first-order valence-corrected chi connectivity index (χ1v) is 12.4. The van der Waals surface area contributed by atoms with Crippen molar-refractivity contribution in [2.24, 2.45) is 5.14 Å². The molecule has 1 aliphatic carbocycles. The van der Waals surface area contributed by atoms with E-state index in [1.165, 1.54) is 37.0 Å². The first-order chi connectivity index (χ1) is 13.2. The Balaban J connectivity index is 1.76. The Labute approximate surface area is 167 Å². The number of sulfonamides is 2. The molecule has 2 aromatic carbocycles. The Bertz CT molecular complexity index is 1030. The fraction of sp³-hybridized carbons (Fsp3) is 0.400. The lowest BCUT2D eigenvalue weighted by atomic mass is 9.84. The predicted molar refractivity (Wildman–Crippen MR) is 109 cm³/mol. The second kappa shape index (κ2) is 8.32. The molecule has 152 valence electrons. The number of hydrogen-bond donors (Lipinski definition) is 2. The monoisotopic (exact) mass is 422 g/mol. The molecule has 0 saturated heterocycles. The summed E-state index contributed by atoms with van der Waals surface area (Å²) in [6, 6.07) is 12.4. The van der Waals surface area contributed by atoms with Gasteiger partial charge in [-0.2, -0.15) is 0 Å². The minimum Gasteiger partial charge on any atom is -0.225 e. The van der Waals surface area contributed by atoms with Crippen molar-refractivity contribution in [1.82, 2.24) is 4.72 Å². The highest BCUT2D eigenvalue weighted by Gasteiger charge is 2.21. The van der Waals surface area contributed by atoms with Crippen LogP contribution in [-0.4, -0.2) is 16.8 Å². The molecule has 6 nitrogen and oxygen atoms in total. The van der Waals surface area contributed by atoms with Crippen molar-refractivity contribution in [2.75, 3.05) is 0 Å². The lowest BCUT2D eigenvalue weighted by Gasteiger charge is -2.22. The Kier molecular flexibility index (Phi) is 6.24. The molecule has 0 radical (unpaired) electrons. The Morgan fingerprint density at radius 3 is 2.18 bits per heavy atom. The molecule has 0 unspecified atom stereocenters. The molecule has 0 spiro atoms. The van der Waals surface area contributed by atoms with Gasteiger partial charge < -0.3 is 0 Å².